The normalized spacial score (nSPS) is 21.5. The first kappa shape index (κ1) is 21.6. The van der Waals surface area contributed by atoms with Crippen LogP contribution in [0.15, 0.2) is 24.3 Å². The minimum absolute atomic E-state index is 0.00286. The minimum Gasteiger partial charge on any atom is -0.378 e. The Morgan fingerprint density at radius 3 is 2.42 bits per heavy atom. The van der Waals surface area contributed by atoms with Crippen molar-refractivity contribution in [1.29, 1.82) is 0 Å². The Kier molecular flexibility index (Phi) is 6.75. The number of anilines is 2. The molecule has 1 atom stereocenters. The number of carbonyl (C=O) groups is 3. The molecule has 8 heteroatoms. The molecule has 168 valence electrons. The maximum absolute atomic E-state index is 12.9. The Bertz CT molecular complexity index is 802. The van der Waals surface area contributed by atoms with Gasteiger partial charge in [0.15, 0.2) is 0 Å². The van der Waals surface area contributed by atoms with Crippen molar-refractivity contribution in [3.8, 4) is 0 Å². The van der Waals surface area contributed by atoms with Gasteiger partial charge in [0.2, 0.25) is 17.7 Å². The number of ether oxygens (including phenoxy) is 1. The quantitative estimate of drug-likeness (QED) is 0.744. The third-order valence-corrected chi connectivity index (χ3v) is 6.29. The molecule has 0 radical (unpaired) electrons. The van der Waals surface area contributed by atoms with E-state index in [1.165, 1.54) is 4.90 Å². The second-order valence-electron chi connectivity index (χ2n) is 8.79. The van der Waals surface area contributed by atoms with Gasteiger partial charge in [-0.15, -0.1) is 0 Å². The highest BCUT2D eigenvalue weighted by Gasteiger charge is 2.37. The van der Waals surface area contributed by atoms with Crippen molar-refractivity contribution in [2.45, 2.75) is 25.7 Å². The van der Waals surface area contributed by atoms with Crippen LogP contribution in [0.25, 0.3) is 0 Å². The maximum Gasteiger partial charge on any atom is 0.243 e. The number of amides is 3. The van der Waals surface area contributed by atoms with Crippen molar-refractivity contribution >= 4 is 29.1 Å². The Labute approximate surface area is 183 Å². The van der Waals surface area contributed by atoms with Crippen LogP contribution in [0.1, 0.15) is 25.7 Å². The summed E-state index contributed by atoms with van der Waals surface area (Å²) in [4.78, 5) is 43.2. The van der Waals surface area contributed by atoms with Gasteiger partial charge in [-0.3, -0.25) is 14.4 Å². The Balaban J connectivity index is 1.25. The lowest BCUT2D eigenvalue weighted by Gasteiger charge is -2.34. The largest absolute Gasteiger partial charge is 0.378 e. The summed E-state index contributed by atoms with van der Waals surface area (Å²) < 4.78 is 5.38. The van der Waals surface area contributed by atoms with Crippen molar-refractivity contribution in [2.75, 3.05) is 63.2 Å². The summed E-state index contributed by atoms with van der Waals surface area (Å²) in [7, 11) is 1.66. The summed E-state index contributed by atoms with van der Waals surface area (Å²) >= 11 is 0. The predicted molar refractivity (Wildman–Crippen MR) is 118 cm³/mol. The summed E-state index contributed by atoms with van der Waals surface area (Å²) in [5.74, 6) is -0.143. The third-order valence-electron chi connectivity index (χ3n) is 6.29. The molecule has 3 aliphatic rings. The number of nitrogens with zero attached hydrogens (tertiary/aromatic N) is 3. The van der Waals surface area contributed by atoms with E-state index in [9.17, 15) is 14.4 Å². The van der Waals surface area contributed by atoms with Gasteiger partial charge < -0.3 is 24.8 Å². The Morgan fingerprint density at radius 1 is 1.03 bits per heavy atom. The molecule has 1 aromatic carbocycles. The molecule has 1 N–H and O–H groups in total. The second-order valence-corrected chi connectivity index (χ2v) is 8.79. The number of rotatable bonds is 6. The average Bonchev–Trinajstić information content (AvgIpc) is 3.64. The number of hydrogen-bond donors (Lipinski definition) is 1. The molecule has 0 spiro atoms. The number of morpholine rings is 1. The van der Waals surface area contributed by atoms with Crippen LogP contribution < -0.4 is 10.2 Å². The molecule has 0 aromatic heterocycles. The zero-order chi connectivity index (χ0) is 21.8. The van der Waals surface area contributed by atoms with Gasteiger partial charge in [-0.05, 0) is 49.9 Å². The minimum atomic E-state index is -0.225. The maximum atomic E-state index is 12.9. The first-order valence-electron chi connectivity index (χ1n) is 11.3. The molecule has 2 heterocycles. The van der Waals surface area contributed by atoms with Crippen LogP contribution in [-0.2, 0) is 19.1 Å². The number of likely N-dealkylation sites (N-methyl/N-ethyl adjacent to an activating group) is 1. The molecule has 1 saturated carbocycles. The highest BCUT2D eigenvalue weighted by molar-refractivity contribution is 5.95. The number of likely N-dealkylation sites (tertiary alicyclic amines) is 1. The van der Waals surface area contributed by atoms with E-state index in [0.717, 1.165) is 64.2 Å². The van der Waals surface area contributed by atoms with Crippen molar-refractivity contribution in [2.24, 2.45) is 11.8 Å². The van der Waals surface area contributed by atoms with Gasteiger partial charge in [0, 0.05) is 50.5 Å². The average molecular weight is 429 g/mol. The van der Waals surface area contributed by atoms with E-state index in [-0.39, 0.29) is 36.1 Å². The lowest BCUT2D eigenvalue weighted by atomic mass is 9.96. The fourth-order valence-corrected chi connectivity index (χ4v) is 4.35. The van der Waals surface area contributed by atoms with Crippen LogP contribution in [0.5, 0.6) is 0 Å². The zero-order valence-electron chi connectivity index (χ0n) is 18.2. The van der Waals surface area contributed by atoms with Gasteiger partial charge in [0.1, 0.15) is 0 Å². The van der Waals surface area contributed by atoms with Crippen molar-refractivity contribution < 1.29 is 19.1 Å². The van der Waals surface area contributed by atoms with Crippen molar-refractivity contribution in [1.82, 2.24) is 9.80 Å². The lowest BCUT2D eigenvalue weighted by Crippen LogP contribution is -2.47. The fraction of sp³-hybridized carbons (Fsp3) is 0.609. The highest BCUT2D eigenvalue weighted by Crippen LogP contribution is 2.32. The molecule has 8 nitrogen and oxygen atoms in total. The van der Waals surface area contributed by atoms with Gasteiger partial charge in [-0.25, -0.2) is 0 Å². The molecule has 2 saturated heterocycles. The SMILES string of the molecule is CN(CC(=O)Nc1ccc(N2CCOCC2)cc1)C(=O)C1CCCN(C(=O)C2CC2)C1. The van der Waals surface area contributed by atoms with Crippen molar-refractivity contribution in [3.63, 3.8) is 0 Å². The van der Waals surface area contributed by atoms with Crippen LogP contribution in [0, 0.1) is 11.8 Å². The van der Waals surface area contributed by atoms with Gasteiger partial charge in [0.25, 0.3) is 0 Å². The van der Waals surface area contributed by atoms with E-state index in [0.29, 0.717) is 12.2 Å². The van der Waals surface area contributed by atoms with E-state index in [4.69, 9.17) is 4.74 Å². The summed E-state index contributed by atoms with van der Waals surface area (Å²) in [6.07, 6.45) is 3.55. The molecular weight excluding hydrogens is 396 g/mol. The fourth-order valence-electron chi connectivity index (χ4n) is 4.35. The second kappa shape index (κ2) is 9.68. The van der Waals surface area contributed by atoms with Gasteiger partial charge in [-0.1, -0.05) is 0 Å². The van der Waals surface area contributed by atoms with Gasteiger partial charge >= 0.3 is 0 Å². The summed E-state index contributed by atoms with van der Waals surface area (Å²) in [5, 5.41) is 2.87. The molecule has 1 aliphatic carbocycles. The third kappa shape index (κ3) is 5.55. The van der Waals surface area contributed by atoms with Crippen LogP contribution in [0.2, 0.25) is 0 Å². The standard InChI is InChI=1S/C23H32N4O4/c1-25(22(29)18-3-2-10-27(15-18)23(30)17-4-5-17)16-21(28)24-19-6-8-20(9-7-19)26-11-13-31-14-12-26/h6-9,17-18H,2-5,10-16H2,1H3,(H,24,28). The van der Waals surface area contributed by atoms with Crippen LogP contribution >= 0.6 is 0 Å². The number of piperidine rings is 1. The number of benzene rings is 1. The molecule has 2 aliphatic heterocycles. The predicted octanol–water partition coefficient (Wildman–Crippen LogP) is 1.57. The molecule has 1 aromatic rings. The first-order chi connectivity index (χ1) is 15.0. The molecular formula is C23H32N4O4. The molecule has 31 heavy (non-hydrogen) atoms. The number of carbonyl (C=O) groups excluding carboxylic acids is 3. The summed E-state index contributed by atoms with van der Waals surface area (Å²) in [5.41, 5.74) is 1.82. The molecule has 4 rings (SSSR count). The van der Waals surface area contributed by atoms with E-state index < -0.39 is 0 Å². The van der Waals surface area contributed by atoms with E-state index >= 15 is 0 Å². The Hall–Kier alpha value is -2.61. The molecule has 0 bridgehead atoms. The van der Waals surface area contributed by atoms with Crippen LogP contribution in [0.3, 0.4) is 0 Å². The topological polar surface area (TPSA) is 82.2 Å². The molecule has 3 fully saturated rings. The highest BCUT2D eigenvalue weighted by atomic mass is 16.5. The summed E-state index contributed by atoms with van der Waals surface area (Å²) in [6.45, 7) is 4.40. The lowest BCUT2D eigenvalue weighted by molar-refractivity contribution is -0.142. The van der Waals surface area contributed by atoms with Crippen molar-refractivity contribution in [3.05, 3.63) is 24.3 Å². The van der Waals surface area contributed by atoms with E-state index in [1.54, 1.807) is 7.05 Å². The Morgan fingerprint density at radius 2 is 1.74 bits per heavy atom. The van der Waals surface area contributed by atoms with Gasteiger partial charge in [-0.2, -0.15) is 0 Å². The number of nitrogens with one attached hydrogen (secondary N) is 1. The zero-order valence-corrected chi connectivity index (χ0v) is 18.2. The number of hydrogen-bond acceptors (Lipinski definition) is 5. The van der Waals surface area contributed by atoms with Gasteiger partial charge in [0.05, 0.1) is 25.7 Å². The van der Waals surface area contributed by atoms with Crippen LogP contribution in [-0.4, -0.2) is 80.5 Å². The van der Waals surface area contributed by atoms with E-state index in [2.05, 4.69) is 10.2 Å². The van der Waals surface area contributed by atoms with E-state index in [1.807, 2.05) is 29.2 Å². The first-order valence-corrected chi connectivity index (χ1v) is 11.3. The summed E-state index contributed by atoms with van der Waals surface area (Å²) in [6, 6.07) is 7.74. The molecule has 1 unspecified atom stereocenters. The van der Waals surface area contributed by atoms with Crippen LogP contribution in [0.4, 0.5) is 11.4 Å². The smallest absolute Gasteiger partial charge is 0.243 e. The monoisotopic (exact) mass is 428 g/mol. The molecule has 3 amide bonds.